The largest absolute Gasteiger partial charge is 0.351 e. The summed E-state index contributed by atoms with van der Waals surface area (Å²) in [5, 5.41) is 3.94. The molecule has 1 aromatic heterocycles. The summed E-state index contributed by atoms with van der Waals surface area (Å²) >= 11 is 0. The van der Waals surface area contributed by atoms with E-state index in [0.717, 1.165) is 16.5 Å². The molecule has 0 bridgehead atoms. The first-order chi connectivity index (χ1) is 9.09. The number of hydrogen-bond acceptors (Lipinski definition) is 3. The van der Waals surface area contributed by atoms with Gasteiger partial charge in [0.25, 0.3) is 0 Å². The third-order valence-corrected chi connectivity index (χ3v) is 3.19. The van der Waals surface area contributed by atoms with Gasteiger partial charge in [-0.3, -0.25) is 9.78 Å². The van der Waals surface area contributed by atoms with Crippen molar-refractivity contribution in [3.63, 3.8) is 0 Å². The van der Waals surface area contributed by atoms with Crippen molar-refractivity contribution in [1.82, 2.24) is 10.3 Å². The minimum absolute atomic E-state index is 0.122. The number of para-hydroxylation sites is 1. The van der Waals surface area contributed by atoms with Gasteiger partial charge in [-0.15, -0.1) is 0 Å². The van der Waals surface area contributed by atoms with Crippen LogP contribution in [-0.2, 0) is 11.3 Å². The van der Waals surface area contributed by atoms with Gasteiger partial charge in [-0.25, -0.2) is 0 Å². The monoisotopic (exact) mass is 257 g/mol. The first-order valence-electron chi connectivity index (χ1n) is 6.45. The highest BCUT2D eigenvalue weighted by atomic mass is 16.2. The standard InChI is InChI=1S/C15H19N3O/c1-10(2)13(16)15(19)18-9-12-6-3-5-11-7-4-8-17-14(11)12/h3-8,10,13H,9,16H2,1-2H3,(H,18,19). The van der Waals surface area contributed by atoms with Crippen molar-refractivity contribution < 1.29 is 4.79 Å². The highest BCUT2D eigenvalue weighted by molar-refractivity contribution is 5.84. The molecule has 0 saturated carbocycles. The fourth-order valence-electron chi connectivity index (χ4n) is 1.91. The maximum absolute atomic E-state index is 11.8. The Kier molecular flexibility index (Phi) is 4.12. The summed E-state index contributed by atoms with van der Waals surface area (Å²) in [6.07, 6.45) is 1.76. The van der Waals surface area contributed by atoms with Gasteiger partial charge in [0.05, 0.1) is 11.6 Å². The van der Waals surface area contributed by atoms with Crippen LogP contribution >= 0.6 is 0 Å². The van der Waals surface area contributed by atoms with Crippen LogP contribution in [0, 0.1) is 5.92 Å². The number of pyridine rings is 1. The molecule has 0 aliphatic rings. The van der Waals surface area contributed by atoms with Crippen molar-refractivity contribution in [3.05, 3.63) is 42.1 Å². The predicted molar refractivity (Wildman–Crippen MR) is 76.4 cm³/mol. The van der Waals surface area contributed by atoms with E-state index >= 15 is 0 Å². The number of carbonyl (C=O) groups is 1. The normalized spacial score (nSPS) is 12.6. The van der Waals surface area contributed by atoms with E-state index in [1.165, 1.54) is 0 Å². The second kappa shape index (κ2) is 5.80. The Morgan fingerprint density at radius 3 is 2.79 bits per heavy atom. The molecule has 1 amide bonds. The van der Waals surface area contributed by atoms with E-state index in [-0.39, 0.29) is 11.8 Å². The lowest BCUT2D eigenvalue weighted by molar-refractivity contribution is -0.123. The maximum Gasteiger partial charge on any atom is 0.237 e. The van der Waals surface area contributed by atoms with E-state index < -0.39 is 6.04 Å². The zero-order chi connectivity index (χ0) is 13.8. The zero-order valence-corrected chi connectivity index (χ0v) is 11.3. The molecule has 1 heterocycles. The second-order valence-electron chi connectivity index (χ2n) is 4.98. The van der Waals surface area contributed by atoms with Crippen LogP contribution in [0.25, 0.3) is 10.9 Å². The van der Waals surface area contributed by atoms with Gasteiger partial charge in [0.1, 0.15) is 0 Å². The average molecular weight is 257 g/mol. The Bertz CT molecular complexity index is 575. The summed E-state index contributed by atoms with van der Waals surface area (Å²) < 4.78 is 0. The lowest BCUT2D eigenvalue weighted by Gasteiger charge is -2.15. The van der Waals surface area contributed by atoms with Gasteiger partial charge >= 0.3 is 0 Å². The molecule has 1 unspecified atom stereocenters. The summed E-state index contributed by atoms with van der Waals surface area (Å²) in [7, 11) is 0. The highest BCUT2D eigenvalue weighted by Crippen LogP contribution is 2.15. The number of amides is 1. The first-order valence-corrected chi connectivity index (χ1v) is 6.45. The molecule has 3 N–H and O–H groups in total. The molecule has 19 heavy (non-hydrogen) atoms. The molecule has 0 saturated heterocycles. The van der Waals surface area contributed by atoms with Crippen molar-refractivity contribution in [1.29, 1.82) is 0 Å². The molecule has 4 nitrogen and oxygen atoms in total. The lowest BCUT2D eigenvalue weighted by atomic mass is 10.0. The van der Waals surface area contributed by atoms with Crippen molar-refractivity contribution in [3.8, 4) is 0 Å². The van der Waals surface area contributed by atoms with Crippen LogP contribution in [0.5, 0.6) is 0 Å². The number of fused-ring (bicyclic) bond motifs is 1. The molecule has 0 spiro atoms. The minimum Gasteiger partial charge on any atom is -0.351 e. The van der Waals surface area contributed by atoms with Gasteiger partial charge in [-0.05, 0) is 17.5 Å². The summed E-state index contributed by atoms with van der Waals surface area (Å²) in [6, 6.07) is 9.38. The third-order valence-electron chi connectivity index (χ3n) is 3.19. The number of benzene rings is 1. The van der Waals surface area contributed by atoms with Crippen LogP contribution in [0.1, 0.15) is 19.4 Å². The molecule has 0 fully saturated rings. The van der Waals surface area contributed by atoms with E-state index in [0.29, 0.717) is 6.54 Å². The van der Waals surface area contributed by atoms with Gasteiger partial charge in [-0.2, -0.15) is 0 Å². The fourth-order valence-corrected chi connectivity index (χ4v) is 1.91. The van der Waals surface area contributed by atoms with Crippen molar-refractivity contribution in [2.45, 2.75) is 26.4 Å². The third kappa shape index (κ3) is 3.09. The van der Waals surface area contributed by atoms with E-state index in [2.05, 4.69) is 10.3 Å². The van der Waals surface area contributed by atoms with Crippen molar-refractivity contribution in [2.75, 3.05) is 0 Å². The smallest absolute Gasteiger partial charge is 0.237 e. The number of nitrogens with zero attached hydrogens (tertiary/aromatic N) is 1. The average Bonchev–Trinajstić information content (AvgIpc) is 2.43. The number of hydrogen-bond donors (Lipinski definition) is 2. The van der Waals surface area contributed by atoms with Crippen LogP contribution in [0.15, 0.2) is 36.5 Å². The highest BCUT2D eigenvalue weighted by Gasteiger charge is 2.16. The molecule has 100 valence electrons. The van der Waals surface area contributed by atoms with Crippen LogP contribution < -0.4 is 11.1 Å². The number of nitrogens with two attached hydrogens (primary N) is 1. The molecule has 2 aromatic rings. The van der Waals surface area contributed by atoms with Crippen LogP contribution in [0.3, 0.4) is 0 Å². The SMILES string of the molecule is CC(C)C(N)C(=O)NCc1cccc2cccnc12. The molecule has 0 radical (unpaired) electrons. The summed E-state index contributed by atoms with van der Waals surface area (Å²) in [5.74, 6) is 0.00794. The molecule has 0 aliphatic heterocycles. The van der Waals surface area contributed by atoms with Gasteiger partial charge in [0.15, 0.2) is 0 Å². The number of rotatable bonds is 4. The maximum atomic E-state index is 11.8. The number of carbonyl (C=O) groups excluding carboxylic acids is 1. The fraction of sp³-hybridized carbons (Fsp3) is 0.333. The topological polar surface area (TPSA) is 68.0 Å². The van der Waals surface area contributed by atoms with Crippen molar-refractivity contribution in [2.24, 2.45) is 11.7 Å². The molecular weight excluding hydrogens is 238 g/mol. The van der Waals surface area contributed by atoms with E-state index in [4.69, 9.17) is 5.73 Å². The van der Waals surface area contributed by atoms with Crippen LogP contribution in [0.4, 0.5) is 0 Å². The van der Waals surface area contributed by atoms with Gasteiger partial charge in [0.2, 0.25) is 5.91 Å². The molecular formula is C15H19N3O. The predicted octanol–water partition coefficient (Wildman–Crippen LogP) is 1.83. The molecule has 1 aromatic carbocycles. The van der Waals surface area contributed by atoms with Gasteiger partial charge < -0.3 is 11.1 Å². The lowest BCUT2D eigenvalue weighted by Crippen LogP contribution is -2.43. The van der Waals surface area contributed by atoms with Crippen LogP contribution in [-0.4, -0.2) is 16.9 Å². The van der Waals surface area contributed by atoms with Crippen LogP contribution in [0.2, 0.25) is 0 Å². The Balaban J connectivity index is 2.12. The van der Waals surface area contributed by atoms with E-state index in [9.17, 15) is 4.79 Å². The summed E-state index contributed by atoms with van der Waals surface area (Å²) in [4.78, 5) is 16.2. The van der Waals surface area contributed by atoms with Gasteiger partial charge in [-0.1, -0.05) is 38.1 Å². The Labute approximate surface area is 113 Å². The Morgan fingerprint density at radius 1 is 1.32 bits per heavy atom. The summed E-state index contributed by atoms with van der Waals surface area (Å²) in [5.41, 5.74) is 7.73. The summed E-state index contributed by atoms with van der Waals surface area (Å²) in [6.45, 7) is 4.32. The Hall–Kier alpha value is -1.94. The van der Waals surface area contributed by atoms with Gasteiger partial charge in [0, 0.05) is 18.1 Å². The molecule has 2 rings (SSSR count). The Morgan fingerprint density at radius 2 is 2.05 bits per heavy atom. The first kappa shape index (κ1) is 13.5. The molecule has 1 atom stereocenters. The number of aromatic nitrogens is 1. The molecule has 4 heteroatoms. The molecule has 0 aliphatic carbocycles. The quantitative estimate of drug-likeness (QED) is 0.878. The number of nitrogens with one attached hydrogen (secondary N) is 1. The zero-order valence-electron chi connectivity index (χ0n) is 11.3. The van der Waals surface area contributed by atoms with E-state index in [1.54, 1.807) is 6.20 Å². The minimum atomic E-state index is -0.470. The van der Waals surface area contributed by atoms with Crippen molar-refractivity contribution >= 4 is 16.8 Å². The van der Waals surface area contributed by atoms with E-state index in [1.807, 2.05) is 44.2 Å². The second-order valence-corrected chi connectivity index (χ2v) is 4.98.